The van der Waals surface area contributed by atoms with Crippen molar-refractivity contribution in [1.82, 2.24) is 24.1 Å². The molecule has 1 saturated heterocycles. The van der Waals surface area contributed by atoms with Crippen LogP contribution in [0.15, 0.2) is 47.6 Å². The number of carbonyl (C=O) groups is 2. The van der Waals surface area contributed by atoms with Crippen molar-refractivity contribution in [3.05, 3.63) is 42.5 Å². The molecule has 0 bridgehead atoms. The second-order valence-corrected chi connectivity index (χ2v) is 9.42. The maximum Gasteiger partial charge on any atom is 0.242 e. The molecule has 6 rings (SSSR count). The van der Waals surface area contributed by atoms with Gasteiger partial charge in [-0.1, -0.05) is 23.9 Å². The van der Waals surface area contributed by atoms with Crippen LogP contribution in [-0.4, -0.2) is 67.9 Å². The van der Waals surface area contributed by atoms with E-state index in [0.29, 0.717) is 41.3 Å². The second kappa shape index (κ2) is 9.14. The lowest BCUT2D eigenvalue weighted by Crippen LogP contribution is -2.31. The number of amides is 2. The first-order chi connectivity index (χ1) is 17.2. The van der Waals surface area contributed by atoms with Gasteiger partial charge in [0.15, 0.2) is 16.7 Å². The molecule has 2 aromatic carbocycles. The largest absolute Gasteiger partial charge is 0.486 e. The molecule has 0 spiro atoms. The van der Waals surface area contributed by atoms with E-state index in [9.17, 15) is 9.59 Å². The van der Waals surface area contributed by atoms with Crippen LogP contribution in [0.5, 0.6) is 11.5 Å². The van der Waals surface area contributed by atoms with Gasteiger partial charge in [0.1, 0.15) is 19.8 Å². The van der Waals surface area contributed by atoms with E-state index in [2.05, 4.69) is 15.5 Å². The van der Waals surface area contributed by atoms with Crippen LogP contribution >= 0.6 is 11.8 Å². The summed E-state index contributed by atoms with van der Waals surface area (Å²) in [7, 11) is 0. The van der Waals surface area contributed by atoms with Crippen LogP contribution in [0.2, 0.25) is 0 Å². The first-order valence-corrected chi connectivity index (χ1v) is 12.6. The van der Waals surface area contributed by atoms with E-state index >= 15 is 0 Å². The molecule has 11 heteroatoms. The summed E-state index contributed by atoms with van der Waals surface area (Å²) in [6, 6.07) is 13.2. The minimum atomic E-state index is -0.170. The summed E-state index contributed by atoms with van der Waals surface area (Å²) in [6.07, 6.45) is 2.10. The molecule has 2 aromatic heterocycles. The van der Waals surface area contributed by atoms with Gasteiger partial charge in [0.05, 0.1) is 16.8 Å². The predicted molar refractivity (Wildman–Crippen MR) is 131 cm³/mol. The molecule has 0 aliphatic carbocycles. The van der Waals surface area contributed by atoms with Crippen molar-refractivity contribution in [2.24, 2.45) is 0 Å². The number of nitrogens with zero attached hydrogens (tertiary/aromatic N) is 5. The smallest absolute Gasteiger partial charge is 0.242 e. The average molecular weight is 493 g/mol. The van der Waals surface area contributed by atoms with Gasteiger partial charge in [-0.3, -0.25) is 18.6 Å². The van der Waals surface area contributed by atoms with Crippen LogP contribution in [0, 0.1) is 0 Å². The number of aromatic nitrogens is 4. The normalized spacial score (nSPS) is 15.1. The van der Waals surface area contributed by atoms with Gasteiger partial charge in [0.25, 0.3) is 0 Å². The van der Waals surface area contributed by atoms with Gasteiger partial charge in [-0.2, -0.15) is 0 Å². The van der Waals surface area contributed by atoms with Crippen LogP contribution in [0.1, 0.15) is 12.8 Å². The molecule has 2 aliphatic heterocycles. The zero-order valence-corrected chi connectivity index (χ0v) is 19.8. The molecule has 0 unspecified atom stereocenters. The number of hydrogen-bond donors (Lipinski definition) is 1. The molecular weight excluding hydrogens is 468 g/mol. The van der Waals surface area contributed by atoms with Crippen LogP contribution in [0.4, 0.5) is 5.69 Å². The summed E-state index contributed by atoms with van der Waals surface area (Å²) in [4.78, 5) is 27.4. The summed E-state index contributed by atoms with van der Waals surface area (Å²) in [6.45, 7) is 2.83. The van der Waals surface area contributed by atoms with Gasteiger partial charge in [-0.25, -0.2) is 0 Å². The number of benzene rings is 2. The van der Waals surface area contributed by atoms with Crippen LogP contribution in [-0.2, 0) is 16.1 Å². The molecular formula is C24H24N6O4S. The Kier molecular flexibility index (Phi) is 5.69. The van der Waals surface area contributed by atoms with Gasteiger partial charge in [-0.05, 0) is 37.1 Å². The molecule has 4 heterocycles. The third-order valence-electron chi connectivity index (χ3n) is 6.18. The number of anilines is 1. The molecule has 1 fully saturated rings. The van der Waals surface area contributed by atoms with Crippen LogP contribution < -0.4 is 14.8 Å². The van der Waals surface area contributed by atoms with E-state index in [-0.39, 0.29) is 24.1 Å². The second-order valence-electron chi connectivity index (χ2n) is 8.48. The number of thioether (sulfide) groups is 1. The standard InChI is InChI=1S/C24H24N6O4S/c31-21(25-16-7-8-19-20(13-16)34-12-11-33-19)15-35-24-27-26-23-29(14-22(32)28-9-3-4-10-28)17-5-1-2-6-18(17)30(23)24/h1-2,5-8,13H,3-4,9-12,14-15H2,(H,25,31). The number of imidazole rings is 1. The summed E-state index contributed by atoms with van der Waals surface area (Å²) in [5.41, 5.74) is 2.45. The third-order valence-corrected chi connectivity index (χ3v) is 7.11. The first kappa shape index (κ1) is 21.8. The van der Waals surface area contributed by atoms with Crippen molar-refractivity contribution in [1.29, 1.82) is 0 Å². The fraction of sp³-hybridized carbons (Fsp3) is 0.333. The number of ether oxygens (including phenoxy) is 2. The molecule has 180 valence electrons. The number of rotatable bonds is 6. The molecule has 0 saturated carbocycles. The summed E-state index contributed by atoms with van der Waals surface area (Å²) in [5.74, 6) is 1.96. The fourth-order valence-corrected chi connectivity index (χ4v) is 5.28. The minimum absolute atomic E-state index is 0.0850. The SMILES string of the molecule is O=C(CSc1nnc2n(CC(=O)N3CCCC3)c3ccccc3n12)Nc1ccc2c(c1)OCCO2. The van der Waals surface area contributed by atoms with E-state index in [1.165, 1.54) is 11.8 Å². The van der Waals surface area contributed by atoms with Gasteiger partial charge in [0, 0.05) is 24.8 Å². The van der Waals surface area contributed by atoms with Crippen molar-refractivity contribution in [3.8, 4) is 11.5 Å². The topological polar surface area (TPSA) is 103 Å². The highest BCUT2D eigenvalue weighted by atomic mass is 32.2. The molecule has 4 aromatic rings. The molecule has 2 aliphatic rings. The summed E-state index contributed by atoms with van der Waals surface area (Å²) in [5, 5.41) is 12.2. The zero-order valence-electron chi connectivity index (χ0n) is 19.0. The Hall–Kier alpha value is -3.73. The zero-order chi connectivity index (χ0) is 23.8. The molecule has 35 heavy (non-hydrogen) atoms. The number of nitrogens with one attached hydrogen (secondary N) is 1. The average Bonchev–Trinajstić information content (AvgIpc) is 3.62. The van der Waals surface area contributed by atoms with Gasteiger partial charge >= 0.3 is 0 Å². The monoisotopic (exact) mass is 492 g/mol. The number of carbonyl (C=O) groups excluding carboxylic acids is 2. The maximum atomic E-state index is 12.9. The molecule has 0 atom stereocenters. The van der Waals surface area contributed by atoms with Gasteiger partial charge < -0.3 is 19.7 Å². The Morgan fingerprint density at radius 1 is 0.971 bits per heavy atom. The number of likely N-dealkylation sites (tertiary alicyclic amines) is 1. The number of fused-ring (bicyclic) bond motifs is 4. The van der Waals surface area contributed by atoms with Crippen molar-refractivity contribution in [2.75, 3.05) is 37.4 Å². The first-order valence-electron chi connectivity index (χ1n) is 11.6. The van der Waals surface area contributed by atoms with E-state index in [1.807, 2.05) is 38.1 Å². The Morgan fingerprint density at radius 2 is 1.74 bits per heavy atom. The van der Waals surface area contributed by atoms with Crippen molar-refractivity contribution < 1.29 is 19.1 Å². The highest BCUT2D eigenvalue weighted by molar-refractivity contribution is 7.99. The highest BCUT2D eigenvalue weighted by Crippen LogP contribution is 2.33. The Labute approximate surface area is 205 Å². The van der Waals surface area contributed by atoms with Crippen LogP contribution in [0.3, 0.4) is 0 Å². The lowest BCUT2D eigenvalue weighted by atomic mass is 10.2. The predicted octanol–water partition coefficient (Wildman–Crippen LogP) is 2.81. The Morgan fingerprint density at radius 3 is 2.57 bits per heavy atom. The molecule has 1 N–H and O–H groups in total. The van der Waals surface area contributed by atoms with E-state index in [1.54, 1.807) is 18.2 Å². The lowest BCUT2D eigenvalue weighted by Gasteiger charge is -2.18. The van der Waals surface area contributed by atoms with E-state index in [0.717, 1.165) is 37.0 Å². The number of para-hydroxylation sites is 2. The van der Waals surface area contributed by atoms with Gasteiger partial charge in [0.2, 0.25) is 17.6 Å². The number of hydrogen-bond acceptors (Lipinski definition) is 7. The Balaban J connectivity index is 1.21. The third kappa shape index (κ3) is 4.16. The lowest BCUT2D eigenvalue weighted by molar-refractivity contribution is -0.130. The van der Waals surface area contributed by atoms with E-state index in [4.69, 9.17) is 9.47 Å². The molecule has 10 nitrogen and oxygen atoms in total. The summed E-state index contributed by atoms with van der Waals surface area (Å²) < 4.78 is 14.9. The van der Waals surface area contributed by atoms with Crippen molar-refractivity contribution in [2.45, 2.75) is 24.5 Å². The van der Waals surface area contributed by atoms with E-state index < -0.39 is 0 Å². The van der Waals surface area contributed by atoms with Crippen molar-refractivity contribution >= 4 is 46.1 Å². The van der Waals surface area contributed by atoms with Crippen LogP contribution in [0.25, 0.3) is 16.8 Å². The highest BCUT2D eigenvalue weighted by Gasteiger charge is 2.23. The van der Waals surface area contributed by atoms with Gasteiger partial charge in [-0.15, -0.1) is 10.2 Å². The van der Waals surface area contributed by atoms with Crippen molar-refractivity contribution in [3.63, 3.8) is 0 Å². The fourth-order valence-electron chi connectivity index (χ4n) is 4.54. The quantitative estimate of drug-likeness (QED) is 0.413. The minimum Gasteiger partial charge on any atom is -0.486 e. The Bertz CT molecular complexity index is 1420. The molecule has 2 amide bonds. The molecule has 0 radical (unpaired) electrons. The summed E-state index contributed by atoms with van der Waals surface area (Å²) >= 11 is 1.30. The maximum absolute atomic E-state index is 12.9.